The Morgan fingerprint density at radius 2 is 1.90 bits per heavy atom. The van der Waals surface area contributed by atoms with E-state index in [1.54, 1.807) is 6.92 Å². The van der Waals surface area contributed by atoms with Crippen LogP contribution in [-0.4, -0.2) is 24.0 Å². The molecule has 4 nitrogen and oxygen atoms in total. The van der Waals surface area contributed by atoms with Gasteiger partial charge in [0.25, 0.3) is 0 Å². The zero-order chi connectivity index (χ0) is 15.2. The number of carbonyl (C=O) groups is 2. The molecule has 0 saturated heterocycles. The first-order chi connectivity index (χ1) is 9.31. The molecule has 110 valence electrons. The number of carbonyl (C=O) groups excluding carboxylic acids is 2. The summed E-state index contributed by atoms with van der Waals surface area (Å²) >= 11 is 0. The van der Waals surface area contributed by atoms with E-state index in [4.69, 9.17) is 4.74 Å². The van der Waals surface area contributed by atoms with Crippen molar-refractivity contribution in [1.29, 1.82) is 0 Å². The molecule has 0 radical (unpaired) electrons. The number of aldehydes is 1. The van der Waals surface area contributed by atoms with E-state index in [1.165, 1.54) is 0 Å². The second-order valence-electron chi connectivity index (χ2n) is 5.94. The molecule has 1 rings (SSSR count). The third-order valence-electron chi connectivity index (χ3n) is 2.85. The van der Waals surface area contributed by atoms with Gasteiger partial charge in [0.1, 0.15) is 11.9 Å². The van der Waals surface area contributed by atoms with Gasteiger partial charge < -0.3 is 14.8 Å². The maximum Gasteiger partial charge on any atom is 0.407 e. The second kappa shape index (κ2) is 7.08. The Bertz CT molecular complexity index is 437. The highest BCUT2D eigenvalue weighted by atomic mass is 16.6. The van der Waals surface area contributed by atoms with Crippen molar-refractivity contribution in [2.45, 2.75) is 45.8 Å². The highest BCUT2D eigenvalue weighted by molar-refractivity contribution is 5.69. The van der Waals surface area contributed by atoms with Gasteiger partial charge >= 0.3 is 6.09 Å². The molecule has 0 aliphatic rings. The molecule has 1 aromatic rings. The van der Waals surface area contributed by atoms with Crippen LogP contribution in [0.2, 0.25) is 0 Å². The number of amides is 1. The average Bonchev–Trinajstić information content (AvgIpc) is 2.36. The van der Waals surface area contributed by atoms with Crippen molar-refractivity contribution in [2.24, 2.45) is 5.92 Å². The van der Waals surface area contributed by atoms with Crippen LogP contribution in [0, 0.1) is 5.92 Å². The van der Waals surface area contributed by atoms with Crippen LogP contribution in [0.1, 0.15) is 33.3 Å². The summed E-state index contributed by atoms with van der Waals surface area (Å²) in [5.41, 5.74) is 0.522. The molecular formula is C16H23NO3. The van der Waals surface area contributed by atoms with Gasteiger partial charge in [0.2, 0.25) is 0 Å². The molecule has 0 fully saturated rings. The standard InChI is InChI=1S/C16H23NO3/c1-12(11-18)14(10-13-8-6-5-7-9-13)17-15(19)20-16(2,3)4/h5-9,11-12,14H,10H2,1-4H3,(H,17,19)/t12-,14+/m0/s1. The van der Waals surface area contributed by atoms with Crippen molar-refractivity contribution < 1.29 is 14.3 Å². The van der Waals surface area contributed by atoms with Gasteiger partial charge in [-0.05, 0) is 32.8 Å². The maximum absolute atomic E-state index is 11.8. The van der Waals surface area contributed by atoms with Crippen LogP contribution >= 0.6 is 0 Å². The molecule has 2 atom stereocenters. The average molecular weight is 277 g/mol. The predicted molar refractivity (Wildman–Crippen MR) is 78.5 cm³/mol. The van der Waals surface area contributed by atoms with E-state index in [0.29, 0.717) is 6.42 Å². The van der Waals surface area contributed by atoms with Crippen LogP contribution in [-0.2, 0) is 16.0 Å². The number of nitrogens with one attached hydrogen (secondary N) is 1. The molecule has 20 heavy (non-hydrogen) atoms. The van der Waals surface area contributed by atoms with Crippen molar-refractivity contribution in [3.05, 3.63) is 35.9 Å². The molecule has 0 aliphatic carbocycles. The molecule has 0 unspecified atom stereocenters. The number of rotatable bonds is 5. The molecule has 1 amide bonds. The molecule has 0 saturated carbocycles. The maximum atomic E-state index is 11.8. The van der Waals surface area contributed by atoms with Gasteiger partial charge in [0.15, 0.2) is 0 Å². The van der Waals surface area contributed by atoms with Crippen LogP contribution in [0.3, 0.4) is 0 Å². The van der Waals surface area contributed by atoms with Gasteiger partial charge in [0.05, 0.1) is 0 Å². The lowest BCUT2D eigenvalue weighted by molar-refractivity contribution is -0.111. The van der Waals surface area contributed by atoms with E-state index in [9.17, 15) is 9.59 Å². The fraction of sp³-hybridized carbons (Fsp3) is 0.500. The van der Waals surface area contributed by atoms with Crippen LogP contribution in [0.5, 0.6) is 0 Å². The van der Waals surface area contributed by atoms with E-state index in [1.807, 2.05) is 51.1 Å². The van der Waals surface area contributed by atoms with Gasteiger partial charge in [-0.25, -0.2) is 4.79 Å². The van der Waals surface area contributed by atoms with Gasteiger partial charge in [-0.2, -0.15) is 0 Å². The van der Waals surface area contributed by atoms with Crippen molar-refractivity contribution in [1.82, 2.24) is 5.32 Å². The summed E-state index contributed by atoms with van der Waals surface area (Å²) < 4.78 is 5.23. The SMILES string of the molecule is C[C@@H](C=O)[C@@H](Cc1ccccc1)NC(=O)OC(C)(C)C. The predicted octanol–water partition coefficient (Wildman–Crippen LogP) is 2.96. The molecule has 0 spiro atoms. The molecular weight excluding hydrogens is 254 g/mol. The summed E-state index contributed by atoms with van der Waals surface area (Å²) in [5, 5.41) is 2.78. The van der Waals surface area contributed by atoms with E-state index in [-0.39, 0.29) is 12.0 Å². The number of hydrogen-bond acceptors (Lipinski definition) is 3. The quantitative estimate of drug-likeness (QED) is 0.842. The van der Waals surface area contributed by atoms with E-state index < -0.39 is 11.7 Å². The molecule has 1 N–H and O–H groups in total. The summed E-state index contributed by atoms with van der Waals surface area (Å²) in [6.45, 7) is 7.21. The van der Waals surface area contributed by atoms with Gasteiger partial charge in [-0.15, -0.1) is 0 Å². The lowest BCUT2D eigenvalue weighted by atomic mass is 9.96. The Kier molecular flexibility index (Phi) is 5.74. The summed E-state index contributed by atoms with van der Waals surface area (Å²) in [7, 11) is 0. The monoisotopic (exact) mass is 277 g/mol. The van der Waals surface area contributed by atoms with E-state index in [0.717, 1.165) is 11.8 Å². The van der Waals surface area contributed by atoms with Gasteiger partial charge in [-0.3, -0.25) is 0 Å². The van der Waals surface area contributed by atoms with Crippen molar-refractivity contribution in [2.75, 3.05) is 0 Å². The minimum absolute atomic E-state index is 0.273. The minimum Gasteiger partial charge on any atom is -0.444 e. The largest absolute Gasteiger partial charge is 0.444 e. The summed E-state index contributed by atoms with van der Waals surface area (Å²) in [5.74, 6) is -0.275. The first-order valence-electron chi connectivity index (χ1n) is 6.80. The Labute approximate surface area is 120 Å². The molecule has 0 heterocycles. The van der Waals surface area contributed by atoms with E-state index >= 15 is 0 Å². The third-order valence-corrected chi connectivity index (χ3v) is 2.85. The van der Waals surface area contributed by atoms with Crippen LogP contribution < -0.4 is 5.32 Å². The van der Waals surface area contributed by atoms with Crippen LogP contribution in [0.15, 0.2) is 30.3 Å². The topological polar surface area (TPSA) is 55.4 Å². The highest BCUT2D eigenvalue weighted by Gasteiger charge is 2.23. The zero-order valence-electron chi connectivity index (χ0n) is 12.6. The first-order valence-corrected chi connectivity index (χ1v) is 6.80. The third kappa shape index (κ3) is 5.87. The zero-order valence-corrected chi connectivity index (χ0v) is 12.6. The number of ether oxygens (including phenoxy) is 1. The summed E-state index contributed by atoms with van der Waals surface area (Å²) in [4.78, 5) is 22.8. The molecule has 4 heteroatoms. The Balaban J connectivity index is 2.70. The fourth-order valence-corrected chi connectivity index (χ4v) is 1.79. The number of hydrogen-bond donors (Lipinski definition) is 1. The number of benzene rings is 1. The van der Waals surface area contributed by atoms with Crippen LogP contribution in [0.4, 0.5) is 4.79 Å². The Morgan fingerprint density at radius 1 is 1.30 bits per heavy atom. The second-order valence-corrected chi connectivity index (χ2v) is 5.94. The lowest BCUT2D eigenvalue weighted by Crippen LogP contribution is -2.44. The molecule has 0 aliphatic heterocycles. The lowest BCUT2D eigenvalue weighted by Gasteiger charge is -2.25. The van der Waals surface area contributed by atoms with Gasteiger partial charge in [0, 0.05) is 12.0 Å². The van der Waals surface area contributed by atoms with E-state index in [2.05, 4.69) is 5.32 Å². The molecule has 1 aromatic carbocycles. The minimum atomic E-state index is -0.550. The van der Waals surface area contributed by atoms with Crippen molar-refractivity contribution in [3.8, 4) is 0 Å². The summed E-state index contributed by atoms with van der Waals surface area (Å²) in [6, 6.07) is 9.48. The van der Waals surface area contributed by atoms with Crippen molar-refractivity contribution in [3.63, 3.8) is 0 Å². The van der Waals surface area contributed by atoms with Crippen molar-refractivity contribution >= 4 is 12.4 Å². The fourth-order valence-electron chi connectivity index (χ4n) is 1.79. The van der Waals surface area contributed by atoms with Crippen LogP contribution in [0.25, 0.3) is 0 Å². The molecule has 0 aromatic heterocycles. The normalized spacial score (nSPS) is 14.2. The molecule has 0 bridgehead atoms. The summed E-state index contributed by atoms with van der Waals surface area (Å²) in [6.07, 6.45) is 0.956. The first kappa shape index (κ1) is 16.2. The number of alkyl carbamates (subject to hydrolysis) is 1. The Morgan fingerprint density at radius 3 is 2.40 bits per heavy atom. The van der Waals surface area contributed by atoms with Gasteiger partial charge in [-0.1, -0.05) is 37.3 Å². The highest BCUT2D eigenvalue weighted by Crippen LogP contribution is 2.12. The Hall–Kier alpha value is -1.84. The smallest absolute Gasteiger partial charge is 0.407 e.